The van der Waals surface area contributed by atoms with E-state index in [1.54, 1.807) is 11.3 Å². The lowest BCUT2D eigenvalue weighted by Crippen LogP contribution is -1.99. The third-order valence-corrected chi connectivity index (χ3v) is 18.5. The van der Waals surface area contributed by atoms with Crippen molar-refractivity contribution in [1.29, 1.82) is 0 Å². The number of rotatable bonds is 10. The van der Waals surface area contributed by atoms with Gasteiger partial charge in [0.25, 0.3) is 0 Å². The third kappa shape index (κ3) is 7.64. The van der Waals surface area contributed by atoms with Crippen molar-refractivity contribution in [2.75, 3.05) is 0 Å². The molecule has 2 aliphatic rings. The Morgan fingerprint density at radius 1 is 0.165 bits per heavy atom. The first-order valence-electron chi connectivity index (χ1n) is 29.2. The average Bonchev–Trinajstić information content (AvgIpc) is 1.67. The lowest BCUT2D eigenvalue weighted by Gasteiger charge is -2.26. The molecule has 394 valence electrons. The summed E-state index contributed by atoms with van der Waals surface area (Å²) in [5.41, 5.74) is 31.4. The van der Waals surface area contributed by atoms with E-state index in [0.29, 0.717) is 0 Å². The molecule has 3 heteroatoms. The Balaban J connectivity index is 0.887. The molecule has 0 saturated carbocycles. The Hall–Kier alpha value is -10.8. The lowest BCUT2D eigenvalue weighted by molar-refractivity contribution is 1.10. The number of fused-ring (bicyclic) bond motifs is 6. The Kier molecular flexibility index (Phi) is 11.5. The van der Waals surface area contributed by atoms with Crippen molar-refractivity contribution >= 4 is 32.9 Å². The van der Waals surface area contributed by atoms with Gasteiger partial charge in [0.1, 0.15) is 10.0 Å². The van der Waals surface area contributed by atoms with Gasteiger partial charge >= 0.3 is 0 Å². The molecule has 2 aliphatic carbocycles. The van der Waals surface area contributed by atoms with Crippen molar-refractivity contribution in [3.05, 3.63) is 303 Å². The van der Waals surface area contributed by atoms with Crippen LogP contribution in [0.1, 0.15) is 0 Å². The zero-order chi connectivity index (χ0) is 56.0. The number of aromatic nitrogens is 2. The topological polar surface area (TPSA) is 25.8 Å². The van der Waals surface area contributed by atoms with Crippen molar-refractivity contribution in [3.8, 4) is 155 Å². The monoisotopic (exact) mass is 1090 g/mol. The molecular formula is C82H50N2S. The van der Waals surface area contributed by atoms with Crippen LogP contribution in [0.2, 0.25) is 0 Å². The predicted octanol–water partition coefficient (Wildman–Crippen LogP) is 22.8. The number of hydrogen-bond donors (Lipinski definition) is 0. The molecule has 0 atom stereocenters. The Morgan fingerprint density at radius 2 is 0.365 bits per heavy atom. The van der Waals surface area contributed by atoms with Crippen molar-refractivity contribution in [2.24, 2.45) is 0 Å². The van der Waals surface area contributed by atoms with Crippen molar-refractivity contribution in [3.63, 3.8) is 0 Å². The highest BCUT2D eigenvalue weighted by molar-refractivity contribution is 7.18. The maximum atomic E-state index is 5.15. The summed E-state index contributed by atoms with van der Waals surface area (Å²) in [7, 11) is 0. The maximum Gasteiger partial charge on any atom is 0.148 e. The highest BCUT2D eigenvalue weighted by Crippen LogP contribution is 2.64. The lowest BCUT2D eigenvalue weighted by atomic mass is 9.76. The minimum absolute atomic E-state index is 0.889. The quantitative estimate of drug-likeness (QED) is 0.136. The molecule has 17 rings (SSSR count). The molecule has 0 amide bonds. The Labute approximate surface area is 498 Å². The van der Waals surface area contributed by atoms with Gasteiger partial charge in [0.15, 0.2) is 0 Å². The molecule has 0 radical (unpaired) electrons. The molecule has 85 heavy (non-hydrogen) atoms. The first kappa shape index (κ1) is 48.8. The summed E-state index contributed by atoms with van der Waals surface area (Å²) >= 11 is 1.68. The fourth-order valence-electron chi connectivity index (χ4n) is 14.2. The summed E-state index contributed by atoms with van der Waals surface area (Å²) in [4.78, 5) is 0. The number of hydrogen-bond acceptors (Lipinski definition) is 3. The first-order valence-corrected chi connectivity index (χ1v) is 30.0. The van der Waals surface area contributed by atoms with E-state index in [1.807, 2.05) is 0 Å². The van der Waals surface area contributed by atoms with E-state index in [9.17, 15) is 0 Å². The fraction of sp³-hybridized carbons (Fsp3) is 0. The molecule has 0 saturated heterocycles. The predicted molar refractivity (Wildman–Crippen MR) is 358 cm³/mol. The molecule has 0 N–H and O–H groups in total. The van der Waals surface area contributed by atoms with Gasteiger partial charge < -0.3 is 0 Å². The van der Waals surface area contributed by atoms with Crippen molar-refractivity contribution in [1.82, 2.24) is 10.2 Å². The van der Waals surface area contributed by atoms with Crippen molar-refractivity contribution < 1.29 is 0 Å². The van der Waals surface area contributed by atoms with E-state index in [0.717, 1.165) is 31.9 Å². The largest absolute Gasteiger partial charge is 0.148 e. The average molecular weight is 1100 g/mol. The van der Waals surface area contributed by atoms with Crippen LogP contribution in [0.15, 0.2) is 303 Å². The van der Waals surface area contributed by atoms with Crippen LogP contribution in [-0.4, -0.2) is 10.2 Å². The summed E-state index contributed by atoms with van der Waals surface area (Å²) in [5.74, 6) is 0. The second-order valence-corrected chi connectivity index (χ2v) is 23.1. The van der Waals surface area contributed by atoms with Crippen LogP contribution in [0.5, 0.6) is 0 Å². The van der Waals surface area contributed by atoms with Gasteiger partial charge in [-0.2, -0.15) is 0 Å². The summed E-state index contributed by atoms with van der Waals surface area (Å²) in [6.45, 7) is 0. The summed E-state index contributed by atoms with van der Waals surface area (Å²) in [5, 5.41) is 16.9. The minimum Gasteiger partial charge on any atom is -0.138 e. The van der Waals surface area contributed by atoms with Crippen LogP contribution in [0, 0.1) is 0 Å². The zero-order valence-electron chi connectivity index (χ0n) is 46.2. The molecule has 14 aromatic carbocycles. The van der Waals surface area contributed by atoms with Crippen molar-refractivity contribution in [2.45, 2.75) is 0 Å². The molecule has 2 nitrogen and oxygen atoms in total. The van der Waals surface area contributed by atoms with Gasteiger partial charge in [0.2, 0.25) is 0 Å². The summed E-state index contributed by atoms with van der Waals surface area (Å²) < 4.78 is 0. The van der Waals surface area contributed by atoms with Crippen LogP contribution in [0.3, 0.4) is 0 Å². The second kappa shape index (κ2) is 20.0. The standard InChI is InChI=1S/C82H50N2S/c1-9-27-51(28-10-1)67-69(53-31-13-3-14-32-53)73(57-39-21-7-22-40-57)79-65-49-47-61(59-43-25-45-63(75(59)65)77(79)71(67)55-35-17-5-18-36-55)81-83-84-82(85-81)62-48-50-66-76-60(62)44-26-46-64(76)78-72(56-37-19-6-20-38-56)68(52-29-11-2-12-30-52)70(54-33-15-4-16-34-54)74(80(66)78)58-41-23-8-24-42-58/h1-50H. The summed E-state index contributed by atoms with van der Waals surface area (Å²) in [6, 6.07) is 111. The fourth-order valence-corrected chi connectivity index (χ4v) is 15.1. The SMILES string of the molecule is c1ccc(-c2c(-c3ccccc3)c(-c3ccccc3)c3c(c2-c2ccccc2)-c2cccc4c(-c5nnc(-c6ccc7c8c(cccc68)-c6c(-c8ccccc8)c(-c8ccccc8)c(-c8ccccc8)c(-c8ccccc8)c6-7)s5)ccc-3c24)cc1. The highest BCUT2D eigenvalue weighted by atomic mass is 32.1. The Bertz CT molecular complexity index is 4540. The van der Waals surface area contributed by atoms with Gasteiger partial charge in [-0.25, -0.2) is 0 Å². The normalized spacial score (nSPS) is 11.8. The third-order valence-electron chi connectivity index (χ3n) is 17.5. The number of benzene rings is 14. The summed E-state index contributed by atoms with van der Waals surface area (Å²) in [6.07, 6.45) is 0. The maximum absolute atomic E-state index is 5.15. The molecule has 0 bridgehead atoms. The molecule has 1 aromatic heterocycles. The van der Waals surface area contributed by atoms with Crippen LogP contribution < -0.4 is 0 Å². The van der Waals surface area contributed by atoms with E-state index < -0.39 is 0 Å². The molecule has 1 heterocycles. The van der Waals surface area contributed by atoms with Gasteiger partial charge in [0, 0.05) is 11.1 Å². The highest BCUT2D eigenvalue weighted by Gasteiger charge is 2.37. The van der Waals surface area contributed by atoms with E-state index in [1.165, 1.54) is 144 Å². The van der Waals surface area contributed by atoms with E-state index in [2.05, 4.69) is 303 Å². The molecule has 0 aliphatic heterocycles. The first-order chi connectivity index (χ1) is 42.3. The van der Waals surface area contributed by atoms with Crippen LogP contribution >= 0.6 is 11.3 Å². The molecular weight excluding hydrogens is 1040 g/mol. The molecule has 0 fully saturated rings. The molecule has 0 spiro atoms. The minimum atomic E-state index is 0.889. The Morgan fingerprint density at radius 3 is 0.600 bits per heavy atom. The van der Waals surface area contributed by atoms with Gasteiger partial charge in [-0.05, 0) is 155 Å². The van der Waals surface area contributed by atoms with Gasteiger partial charge in [0.05, 0.1) is 0 Å². The zero-order valence-corrected chi connectivity index (χ0v) is 47.0. The molecule has 15 aromatic rings. The van der Waals surface area contributed by atoms with Gasteiger partial charge in [-0.1, -0.05) is 315 Å². The van der Waals surface area contributed by atoms with Crippen LogP contribution in [-0.2, 0) is 0 Å². The smallest absolute Gasteiger partial charge is 0.138 e. The van der Waals surface area contributed by atoms with Gasteiger partial charge in [-0.15, -0.1) is 10.2 Å². The molecule has 0 unspecified atom stereocenters. The van der Waals surface area contributed by atoms with E-state index in [4.69, 9.17) is 10.2 Å². The van der Waals surface area contributed by atoms with Crippen LogP contribution in [0.25, 0.3) is 176 Å². The van der Waals surface area contributed by atoms with E-state index in [-0.39, 0.29) is 0 Å². The number of nitrogens with zero attached hydrogens (tertiary/aromatic N) is 2. The second-order valence-electron chi connectivity index (χ2n) is 22.1. The van der Waals surface area contributed by atoms with E-state index >= 15 is 0 Å². The van der Waals surface area contributed by atoms with Crippen LogP contribution in [0.4, 0.5) is 0 Å². The van der Waals surface area contributed by atoms with Gasteiger partial charge in [-0.3, -0.25) is 0 Å².